The van der Waals surface area contributed by atoms with Crippen molar-refractivity contribution in [3.05, 3.63) is 35.9 Å². The summed E-state index contributed by atoms with van der Waals surface area (Å²) in [7, 11) is 1.91. The van der Waals surface area contributed by atoms with E-state index in [1.54, 1.807) is 0 Å². The Bertz CT molecular complexity index is 631. The number of piperidine rings is 1. The van der Waals surface area contributed by atoms with Crippen molar-refractivity contribution >= 4 is 11.8 Å². The van der Waals surface area contributed by atoms with Gasteiger partial charge in [0.2, 0.25) is 11.8 Å². The molecule has 0 spiro atoms. The van der Waals surface area contributed by atoms with E-state index in [1.807, 2.05) is 47.2 Å². The lowest BCUT2D eigenvalue weighted by molar-refractivity contribution is -0.134. The molecule has 2 aliphatic carbocycles. The Morgan fingerprint density at radius 2 is 1.83 bits per heavy atom. The molecule has 3 fully saturated rings. The zero-order valence-corrected chi connectivity index (χ0v) is 14.0. The van der Waals surface area contributed by atoms with Gasteiger partial charge in [0.1, 0.15) is 0 Å². The molecule has 2 amide bonds. The van der Waals surface area contributed by atoms with Crippen LogP contribution in [0.1, 0.15) is 30.9 Å². The van der Waals surface area contributed by atoms with Crippen LogP contribution in [0.4, 0.5) is 0 Å². The molecule has 1 saturated heterocycles. The third kappa shape index (κ3) is 2.81. The maximum atomic E-state index is 12.4. The minimum Gasteiger partial charge on any atom is -0.388 e. The smallest absolute Gasteiger partial charge is 0.225 e. The van der Waals surface area contributed by atoms with E-state index in [0.717, 1.165) is 31.5 Å². The van der Waals surface area contributed by atoms with Gasteiger partial charge in [-0.3, -0.25) is 9.59 Å². The Morgan fingerprint density at radius 1 is 1.21 bits per heavy atom. The molecule has 24 heavy (non-hydrogen) atoms. The second-order valence-corrected chi connectivity index (χ2v) is 7.47. The topological polar surface area (TPSA) is 60.9 Å². The lowest BCUT2D eigenvalue weighted by Crippen LogP contribution is -2.39. The van der Waals surface area contributed by atoms with Crippen LogP contribution in [0.3, 0.4) is 0 Å². The minimum atomic E-state index is -0.745. The third-order valence-corrected chi connectivity index (χ3v) is 5.78. The Kier molecular flexibility index (Phi) is 3.83. The average Bonchev–Trinajstić information content (AvgIpc) is 3.51. The maximum absolute atomic E-state index is 12.4. The van der Waals surface area contributed by atoms with Gasteiger partial charge >= 0.3 is 0 Å². The Balaban J connectivity index is 1.28. The molecule has 1 aromatic rings. The molecule has 1 N–H and O–H groups in total. The number of fused-ring (bicyclic) bond motifs is 1. The predicted octanol–water partition coefficient (Wildman–Crippen LogP) is 1.44. The molecular weight excluding hydrogens is 304 g/mol. The van der Waals surface area contributed by atoms with E-state index in [0.29, 0.717) is 17.9 Å². The van der Waals surface area contributed by atoms with Gasteiger partial charge in [0.15, 0.2) is 0 Å². The molecule has 4 rings (SSSR count). The first-order valence-corrected chi connectivity index (χ1v) is 8.83. The van der Waals surface area contributed by atoms with Crippen molar-refractivity contribution in [2.45, 2.75) is 31.4 Å². The average molecular weight is 328 g/mol. The highest BCUT2D eigenvalue weighted by Gasteiger charge is 2.60. The maximum Gasteiger partial charge on any atom is 0.225 e. The molecule has 128 valence electrons. The summed E-state index contributed by atoms with van der Waals surface area (Å²) in [6.45, 7) is 1.44. The summed E-state index contributed by atoms with van der Waals surface area (Å²) >= 11 is 0. The van der Waals surface area contributed by atoms with E-state index in [9.17, 15) is 14.7 Å². The quantitative estimate of drug-likeness (QED) is 0.890. The van der Waals surface area contributed by atoms with Crippen LogP contribution in [0.2, 0.25) is 0 Å². The van der Waals surface area contributed by atoms with Gasteiger partial charge in [0.05, 0.1) is 12.5 Å². The number of hydrogen-bond donors (Lipinski definition) is 1. The highest BCUT2D eigenvalue weighted by atomic mass is 16.3. The number of carbonyl (C=O) groups excluding carboxylic acids is 2. The summed E-state index contributed by atoms with van der Waals surface area (Å²) < 4.78 is 0. The Hall–Kier alpha value is -1.88. The summed E-state index contributed by atoms with van der Waals surface area (Å²) in [6.07, 6.45) is 1.45. The van der Waals surface area contributed by atoms with Crippen LogP contribution in [0.15, 0.2) is 30.3 Å². The molecule has 1 unspecified atom stereocenters. The number of nitrogens with zero attached hydrogens (tertiary/aromatic N) is 2. The van der Waals surface area contributed by atoms with E-state index in [-0.39, 0.29) is 24.2 Å². The fourth-order valence-electron chi connectivity index (χ4n) is 4.13. The van der Waals surface area contributed by atoms with Gasteiger partial charge in [0.25, 0.3) is 0 Å². The first kappa shape index (κ1) is 15.6. The largest absolute Gasteiger partial charge is 0.388 e. The van der Waals surface area contributed by atoms with E-state index in [1.165, 1.54) is 0 Å². The Morgan fingerprint density at radius 3 is 2.42 bits per heavy atom. The second-order valence-electron chi connectivity index (χ2n) is 7.47. The lowest BCUT2D eigenvalue weighted by atomic mass is 10.1. The van der Waals surface area contributed by atoms with Crippen molar-refractivity contribution in [1.82, 2.24) is 9.80 Å². The first-order chi connectivity index (χ1) is 11.6. The van der Waals surface area contributed by atoms with Crippen molar-refractivity contribution in [3.8, 4) is 0 Å². The standard InChI is InChI=1S/C19H24N2O3/c1-20(19(24)13-7-8-13)18-14-10-21(11-15(14)18)17(23)9-16(22)12-5-3-2-4-6-12/h2-6,13-16,18,22H,7-11H2,1H3/t14-,15+,16-,18?/m1/s1. The second kappa shape index (κ2) is 5.88. The zero-order chi connectivity index (χ0) is 16.8. The molecule has 0 radical (unpaired) electrons. The van der Waals surface area contributed by atoms with Crippen molar-refractivity contribution in [2.75, 3.05) is 20.1 Å². The van der Waals surface area contributed by atoms with Crippen molar-refractivity contribution in [2.24, 2.45) is 17.8 Å². The number of carbonyl (C=O) groups is 2. The highest BCUT2D eigenvalue weighted by molar-refractivity contribution is 5.82. The van der Waals surface area contributed by atoms with E-state index >= 15 is 0 Å². The van der Waals surface area contributed by atoms with Gasteiger partial charge in [-0.05, 0) is 18.4 Å². The van der Waals surface area contributed by atoms with Crippen molar-refractivity contribution in [3.63, 3.8) is 0 Å². The van der Waals surface area contributed by atoms with Gasteiger partial charge < -0.3 is 14.9 Å². The number of hydrogen-bond acceptors (Lipinski definition) is 3. The highest BCUT2D eigenvalue weighted by Crippen LogP contribution is 2.49. The van der Waals surface area contributed by atoms with Crippen LogP contribution in [0.5, 0.6) is 0 Å². The molecule has 0 bridgehead atoms. The molecule has 5 nitrogen and oxygen atoms in total. The zero-order valence-electron chi connectivity index (χ0n) is 14.0. The van der Waals surface area contributed by atoms with Crippen LogP contribution in [0, 0.1) is 17.8 Å². The monoisotopic (exact) mass is 328 g/mol. The number of benzene rings is 1. The fourth-order valence-corrected chi connectivity index (χ4v) is 4.13. The van der Waals surface area contributed by atoms with Crippen LogP contribution >= 0.6 is 0 Å². The summed E-state index contributed by atoms with van der Waals surface area (Å²) in [6, 6.07) is 9.63. The summed E-state index contributed by atoms with van der Waals surface area (Å²) in [5.41, 5.74) is 0.780. The van der Waals surface area contributed by atoms with Crippen LogP contribution in [0.25, 0.3) is 0 Å². The predicted molar refractivity (Wildman–Crippen MR) is 88.9 cm³/mol. The Labute approximate surface area is 142 Å². The van der Waals surface area contributed by atoms with Gasteiger partial charge in [-0.15, -0.1) is 0 Å². The lowest BCUT2D eigenvalue weighted by Gasteiger charge is -2.25. The molecule has 4 atom stereocenters. The number of aliphatic hydroxyl groups excluding tert-OH is 1. The fraction of sp³-hybridized carbons (Fsp3) is 0.579. The number of likely N-dealkylation sites (tertiary alicyclic amines) is 1. The van der Waals surface area contributed by atoms with Gasteiger partial charge in [-0.25, -0.2) is 0 Å². The number of aliphatic hydroxyl groups is 1. The molecule has 2 saturated carbocycles. The van der Waals surface area contributed by atoms with Gasteiger partial charge in [-0.2, -0.15) is 0 Å². The van der Waals surface area contributed by atoms with E-state index < -0.39 is 6.10 Å². The summed E-state index contributed by atoms with van der Waals surface area (Å²) in [4.78, 5) is 28.3. The number of amides is 2. The van der Waals surface area contributed by atoms with E-state index in [4.69, 9.17) is 0 Å². The van der Waals surface area contributed by atoms with Gasteiger partial charge in [0, 0.05) is 43.9 Å². The summed E-state index contributed by atoms with van der Waals surface area (Å²) in [5.74, 6) is 1.40. The third-order valence-electron chi connectivity index (χ3n) is 5.78. The molecule has 1 heterocycles. The minimum absolute atomic E-state index is 0.00785. The van der Waals surface area contributed by atoms with Crippen LogP contribution in [-0.4, -0.2) is 52.9 Å². The molecule has 5 heteroatoms. The van der Waals surface area contributed by atoms with Crippen LogP contribution in [-0.2, 0) is 9.59 Å². The first-order valence-electron chi connectivity index (χ1n) is 8.83. The summed E-state index contributed by atoms with van der Waals surface area (Å²) in [5, 5.41) is 10.2. The van der Waals surface area contributed by atoms with E-state index in [2.05, 4.69) is 0 Å². The molecule has 0 aromatic heterocycles. The molecular formula is C19H24N2O3. The molecule has 1 aliphatic heterocycles. The normalized spacial score (nSPS) is 29.1. The molecule has 1 aromatic carbocycles. The SMILES string of the molecule is CN(C(=O)C1CC1)C1[C@H]2CN(C(=O)C[C@@H](O)c3ccccc3)C[C@@H]12. The van der Waals surface area contributed by atoms with Gasteiger partial charge in [-0.1, -0.05) is 30.3 Å². The number of rotatable bonds is 5. The molecule has 3 aliphatic rings. The van der Waals surface area contributed by atoms with Crippen molar-refractivity contribution in [1.29, 1.82) is 0 Å². The van der Waals surface area contributed by atoms with Crippen LogP contribution < -0.4 is 0 Å². The van der Waals surface area contributed by atoms with Crippen molar-refractivity contribution < 1.29 is 14.7 Å².